The zero-order valence-corrected chi connectivity index (χ0v) is 17.8. The molecule has 1 unspecified atom stereocenters. The van der Waals surface area contributed by atoms with E-state index in [0.717, 1.165) is 16.8 Å². The molecule has 6 heteroatoms. The quantitative estimate of drug-likeness (QED) is 0.571. The van der Waals surface area contributed by atoms with Gasteiger partial charge in [0.1, 0.15) is 0 Å². The molecular formula is C23H24ClN3O2. The minimum absolute atomic E-state index is 0.0367. The Morgan fingerprint density at radius 2 is 1.86 bits per heavy atom. The van der Waals surface area contributed by atoms with Crippen molar-refractivity contribution in [3.05, 3.63) is 64.5 Å². The number of carbonyl (C=O) groups excluding carboxylic acids is 1. The Bertz CT molecular complexity index is 1050. The predicted octanol–water partition coefficient (Wildman–Crippen LogP) is 5.52. The van der Waals surface area contributed by atoms with Gasteiger partial charge in [0.2, 0.25) is 17.6 Å². The van der Waals surface area contributed by atoms with Crippen LogP contribution in [0.3, 0.4) is 0 Å². The summed E-state index contributed by atoms with van der Waals surface area (Å²) < 4.78 is 5.52. The number of anilines is 1. The van der Waals surface area contributed by atoms with E-state index < -0.39 is 0 Å². The molecule has 5 nitrogen and oxygen atoms in total. The zero-order valence-electron chi connectivity index (χ0n) is 17.1. The number of rotatable bonds is 3. The van der Waals surface area contributed by atoms with Crippen molar-refractivity contribution in [2.24, 2.45) is 0 Å². The highest BCUT2D eigenvalue weighted by Gasteiger charge is 2.35. The molecule has 0 saturated carbocycles. The number of hydrogen-bond acceptors (Lipinski definition) is 4. The lowest BCUT2D eigenvalue weighted by Crippen LogP contribution is -2.25. The van der Waals surface area contributed by atoms with E-state index in [1.807, 2.05) is 37.3 Å². The lowest BCUT2D eigenvalue weighted by atomic mass is 9.87. The highest BCUT2D eigenvalue weighted by atomic mass is 35.5. The zero-order chi connectivity index (χ0) is 20.8. The predicted molar refractivity (Wildman–Crippen MR) is 114 cm³/mol. The minimum atomic E-state index is -0.129. The summed E-state index contributed by atoms with van der Waals surface area (Å²) in [5.41, 5.74) is 4.09. The highest BCUT2D eigenvalue weighted by molar-refractivity contribution is 6.31. The topological polar surface area (TPSA) is 59.2 Å². The van der Waals surface area contributed by atoms with Crippen LogP contribution >= 0.6 is 11.6 Å². The Hall–Kier alpha value is -2.66. The normalized spacial score (nSPS) is 17.2. The van der Waals surface area contributed by atoms with Crippen LogP contribution in [0, 0.1) is 6.92 Å². The Kier molecular flexibility index (Phi) is 4.95. The molecule has 0 aliphatic carbocycles. The van der Waals surface area contributed by atoms with E-state index in [9.17, 15) is 4.79 Å². The lowest BCUT2D eigenvalue weighted by molar-refractivity contribution is -0.117. The molecule has 2 heterocycles. The third-order valence-corrected chi connectivity index (χ3v) is 5.62. The molecule has 1 saturated heterocycles. The molecule has 0 bridgehead atoms. The first-order valence-electron chi connectivity index (χ1n) is 9.73. The summed E-state index contributed by atoms with van der Waals surface area (Å²) in [6.45, 7) is 9.01. The standard InChI is InChI=1S/C23H24ClN3O2/c1-14-5-10-18(24)12-19(14)27-13-16(11-20(27)28)22-25-21(26-29-22)15-6-8-17(9-7-15)23(2,3)4/h5-10,12,16H,11,13H2,1-4H3. The number of halogens is 1. The summed E-state index contributed by atoms with van der Waals surface area (Å²) in [4.78, 5) is 19.0. The van der Waals surface area contributed by atoms with Gasteiger partial charge in [0.25, 0.3) is 0 Å². The van der Waals surface area contributed by atoms with Crippen LogP contribution in [-0.2, 0) is 10.2 Å². The van der Waals surface area contributed by atoms with E-state index in [-0.39, 0.29) is 17.2 Å². The number of amides is 1. The van der Waals surface area contributed by atoms with Gasteiger partial charge in [-0.15, -0.1) is 0 Å². The van der Waals surface area contributed by atoms with E-state index in [1.165, 1.54) is 5.56 Å². The smallest absolute Gasteiger partial charge is 0.232 e. The largest absolute Gasteiger partial charge is 0.339 e. The second kappa shape index (κ2) is 7.30. The second-order valence-electron chi connectivity index (χ2n) is 8.62. The van der Waals surface area contributed by atoms with Crippen LogP contribution in [0.4, 0.5) is 5.69 Å². The van der Waals surface area contributed by atoms with Crippen LogP contribution < -0.4 is 4.90 Å². The van der Waals surface area contributed by atoms with Crippen LogP contribution in [-0.4, -0.2) is 22.6 Å². The Morgan fingerprint density at radius 3 is 2.55 bits per heavy atom. The van der Waals surface area contributed by atoms with Crippen molar-refractivity contribution in [2.45, 2.75) is 45.4 Å². The van der Waals surface area contributed by atoms with Gasteiger partial charge in [-0.2, -0.15) is 4.98 Å². The molecule has 0 N–H and O–H groups in total. The third-order valence-electron chi connectivity index (χ3n) is 5.39. The van der Waals surface area contributed by atoms with Crippen molar-refractivity contribution in [3.8, 4) is 11.4 Å². The average molecular weight is 410 g/mol. The van der Waals surface area contributed by atoms with Crippen molar-refractivity contribution in [1.29, 1.82) is 0 Å². The fourth-order valence-corrected chi connectivity index (χ4v) is 3.78. The molecule has 1 atom stereocenters. The first kappa shape index (κ1) is 19.6. The molecule has 1 amide bonds. The van der Waals surface area contributed by atoms with Gasteiger partial charge in [-0.1, -0.05) is 67.9 Å². The Labute approximate surface area is 175 Å². The molecular weight excluding hydrogens is 386 g/mol. The second-order valence-corrected chi connectivity index (χ2v) is 9.06. The van der Waals surface area contributed by atoms with E-state index in [1.54, 1.807) is 4.90 Å². The number of nitrogens with zero attached hydrogens (tertiary/aromatic N) is 3. The molecule has 0 spiro atoms. The Morgan fingerprint density at radius 1 is 1.14 bits per heavy atom. The first-order chi connectivity index (χ1) is 13.7. The van der Waals surface area contributed by atoms with Gasteiger partial charge in [-0.05, 0) is 35.6 Å². The molecule has 4 rings (SSSR count). The third kappa shape index (κ3) is 3.92. The fourth-order valence-electron chi connectivity index (χ4n) is 3.62. The van der Waals surface area contributed by atoms with Gasteiger partial charge in [0, 0.05) is 29.2 Å². The summed E-state index contributed by atoms with van der Waals surface area (Å²) in [6, 6.07) is 13.8. The van der Waals surface area contributed by atoms with Gasteiger partial charge < -0.3 is 9.42 Å². The maximum atomic E-state index is 12.6. The summed E-state index contributed by atoms with van der Waals surface area (Å²) >= 11 is 6.13. The van der Waals surface area contributed by atoms with Crippen LogP contribution in [0.5, 0.6) is 0 Å². The van der Waals surface area contributed by atoms with Gasteiger partial charge in [0.15, 0.2) is 0 Å². The molecule has 0 radical (unpaired) electrons. The molecule has 3 aromatic rings. The first-order valence-corrected chi connectivity index (χ1v) is 10.1. The van der Waals surface area contributed by atoms with Crippen molar-refractivity contribution in [2.75, 3.05) is 11.4 Å². The summed E-state index contributed by atoms with van der Waals surface area (Å²) in [5.74, 6) is 0.950. The van der Waals surface area contributed by atoms with Gasteiger partial charge in [-0.25, -0.2) is 0 Å². The van der Waals surface area contributed by atoms with E-state index in [0.29, 0.717) is 29.7 Å². The van der Waals surface area contributed by atoms with E-state index in [2.05, 4.69) is 43.0 Å². The van der Waals surface area contributed by atoms with E-state index in [4.69, 9.17) is 16.1 Å². The monoisotopic (exact) mass is 409 g/mol. The van der Waals surface area contributed by atoms with Crippen molar-refractivity contribution in [3.63, 3.8) is 0 Å². The molecule has 2 aromatic carbocycles. The summed E-state index contributed by atoms with van der Waals surface area (Å²) in [7, 11) is 0. The van der Waals surface area contributed by atoms with Crippen LogP contribution in [0.2, 0.25) is 5.02 Å². The number of carbonyl (C=O) groups is 1. The number of aryl methyl sites for hydroxylation is 1. The van der Waals surface area contributed by atoms with Crippen molar-refractivity contribution in [1.82, 2.24) is 10.1 Å². The lowest BCUT2D eigenvalue weighted by Gasteiger charge is -2.19. The maximum Gasteiger partial charge on any atom is 0.232 e. The van der Waals surface area contributed by atoms with Crippen LogP contribution in [0.25, 0.3) is 11.4 Å². The number of aromatic nitrogens is 2. The van der Waals surface area contributed by atoms with Gasteiger partial charge in [0.05, 0.1) is 5.92 Å². The molecule has 1 aromatic heterocycles. The maximum absolute atomic E-state index is 12.6. The minimum Gasteiger partial charge on any atom is -0.339 e. The SMILES string of the molecule is Cc1ccc(Cl)cc1N1CC(c2nc(-c3ccc(C(C)(C)C)cc3)no2)CC1=O. The van der Waals surface area contributed by atoms with Crippen molar-refractivity contribution < 1.29 is 9.32 Å². The fraction of sp³-hybridized carbons (Fsp3) is 0.348. The van der Waals surface area contributed by atoms with Crippen molar-refractivity contribution >= 4 is 23.2 Å². The Balaban J connectivity index is 1.54. The van der Waals surface area contributed by atoms with E-state index >= 15 is 0 Å². The van der Waals surface area contributed by atoms with Gasteiger partial charge in [-0.3, -0.25) is 4.79 Å². The van der Waals surface area contributed by atoms with Crippen LogP contribution in [0.15, 0.2) is 47.0 Å². The summed E-state index contributed by atoms with van der Waals surface area (Å²) in [6.07, 6.45) is 0.344. The highest BCUT2D eigenvalue weighted by Crippen LogP contribution is 2.34. The molecule has 29 heavy (non-hydrogen) atoms. The number of benzene rings is 2. The number of hydrogen-bond donors (Lipinski definition) is 0. The molecule has 150 valence electrons. The summed E-state index contributed by atoms with van der Waals surface area (Å²) in [5, 5.41) is 4.75. The molecule has 1 fully saturated rings. The average Bonchev–Trinajstić information content (AvgIpc) is 3.30. The van der Waals surface area contributed by atoms with Crippen LogP contribution in [0.1, 0.15) is 50.1 Å². The van der Waals surface area contributed by atoms with Gasteiger partial charge >= 0.3 is 0 Å². The molecule has 1 aliphatic rings. The molecule has 1 aliphatic heterocycles.